The summed E-state index contributed by atoms with van der Waals surface area (Å²) in [5.74, 6) is -1.55. The van der Waals surface area contributed by atoms with Crippen LogP contribution < -0.4 is 5.32 Å². The first-order chi connectivity index (χ1) is 7.16. The Morgan fingerprint density at radius 1 is 1.53 bits per heavy atom. The lowest BCUT2D eigenvalue weighted by Gasteiger charge is -2.14. The van der Waals surface area contributed by atoms with Gasteiger partial charge in [-0.1, -0.05) is 25.1 Å². The number of carboxylic acids is 1. The zero-order valence-corrected chi connectivity index (χ0v) is 8.53. The van der Waals surface area contributed by atoms with Crippen molar-refractivity contribution in [2.75, 3.05) is 6.54 Å². The summed E-state index contributed by atoms with van der Waals surface area (Å²) in [6.07, 6.45) is 0.804. The number of rotatable bonds is 5. The van der Waals surface area contributed by atoms with Crippen molar-refractivity contribution in [1.82, 2.24) is 5.32 Å². The lowest BCUT2D eigenvalue weighted by molar-refractivity contribution is -0.139. The van der Waals surface area contributed by atoms with E-state index in [-0.39, 0.29) is 5.56 Å². The summed E-state index contributed by atoms with van der Waals surface area (Å²) in [5, 5.41) is 11.7. The maximum absolute atomic E-state index is 13.3. The number of hydrogen-bond donors (Lipinski definition) is 2. The van der Waals surface area contributed by atoms with Crippen LogP contribution in [0.3, 0.4) is 0 Å². The molecule has 0 bridgehead atoms. The van der Waals surface area contributed by atoms with Crippen molar-refractivity contribution < 1.29 is 14.3 Å². The van der Waals surface area contributed by atoms with Crippen LogP contribution in [-0.2, 0) is 4.79 Å². The van der Waals surface area contributed by atoms with Gasteiger partial charge in [-0.15, -0.1) is 0 Å². The summed E-state index contributed by atoms with van der Waals surface area (Å²) in [5.41, 5.74) is 0.179. The van der Waals surface area contributed by atoms with E-state index in [1.165, 1.54) is 18.2 Å². The van der Waals surface area contributed by atoms with E-state index in [0.717, 1.165) is 6.42 Å². The summed E-state index contributed by atoms with van der Waals surface area (Å²) in [6.45, 7) is 2.47. The van der Waals surface area contributed by atoms with Gasteiger partial charge in [0.2, 0.25) is 0 Å². The minimum atomic E-state index is -1.06. The quantitative estimate of drug-likeness (QED) is 0.782. The molecule has 0 heterocycles. The minimum Gasteiger partial charge on any atom is -0.480 e. The highest BCUT2D eigenvalue weighted by atomic mass is 19.1. The fourth-order valence-electron chi connectivity index (χ4n) is 1.33. The SMILES string of the molecule is CCCNC(C(=O)O)c1ccccc1F. The Kier molecular flexibility index (Phi) is 4.24. The summed E-state index contributed by atoms with van der Waals surface area (Å²) in [4.78, 5) is 10.9. The largest absolute Gasteiger partial charge is 0.480 e. The number of aliphatic carboxylic acids is 1. The first kappa shape index (κ1) is 11.7. The van der Waals surface area contributed by atoms with Crippen LogP contribution in [0, 0.1) is 5.82 Å². The van der Waals surface area contributed by atoms with Gasteiger partial charge in [0, 0.05) is 5.56 Å². The fourth-order valence-corrected chi connectivity index (χ4v) is 1.33. The number of nitrogens with one attached hydrogen (secondary N) is 1. The third-order valence-corrected chi connectivity index (χ3v) is 2.06. The van der Waals surface area contributed by atoms with Crippen molar-refractivity contribution in [2.24, 2.45) is 0 Å². The molecule has 4 heteroatoms. The molecular weight excluding hydrogens is 197 g/mol. The van der Waals surface area contributed by atoms with Gasteiger partial charge in [0.05, 0.1) is 0 Å². The summed E-state index contributed by atoms with van der Waals surface area (Å²) >= 11 is 0. The Hall–Kier alpha value is -1.42. The maximum Gasteiger partial charge on any atom is 0.325 e. The number of carbonyl (C=O) groups is 1. The second-order valence-electron chi connectivity index (χ2n) is 3.25. The zero-order valence-electron chi connectivity index (χ0n) is 8.53. The van der Waals surface area contributed by atoms with Crippen LogP contribution in [0.15, 0.2) is 24.3 Å². The molecule has 0 radical (unpaired) electrons. The standard InChI is InChI=1S/C11H14FNO2/c1-2-7-13-10(11(14)15)8-5-3-4-6-9(8)12/h3-6,10,13H,2,7H2,1H3,(H,14,15). The van der Waals surface area contributed by atoms with Gasteiger partial charge in [-0.3, -0.25) is 4.79 Å². The van der Waals surface area contributed by atoms with Gasteiger partial charge in [0.15, 0.2) is 0 Å². The van der Waals surface area contributed by atoms with Crippen molar-refractivity contribution in [1.29, 1.82) is 0 Å². The molecule has 0 fully saturated rings. The number of carboxylic acid groups (broad SMARTS) is 1. The van der Waals surface area contributed by atoms with Crippen molar-refractivity contribution in [2.45, 2.75) is 19.4 Å². The molecule has 3 nitrogen and oxygen atoms in total. The van der Waals surface area contributed by atoms with Gasteiger partial charge in [-0.25, -0.2) is 4.39 Å². The minimum absolute atomic E-state index is 0.179. The van der Waals surface area contributed by atoms with Gasteiger partial charge in [0.1, 0.15) is 11.9 Å². The average molecular weight is 211 g/mol. The normalized spacial score (nSPS) is 12.4. The molecular formula is C11H14FNO2. The monoisotopic (exact) mass is 211 g/mol. The van der Waals surface area contributed by atoms with Gasteiger partial charge in [-0.05, 0) is 19.0 Å². The molecule has 0 aliphatic carbocycles. The van der Waals surface area contributed by atoms with Crippen molar-refractivity contribution in [3.8, 4) is 0 Å². The van der Waals surface area contributed by atoms with Crippen molar-refractivity contribution in [3.05, 3.63) is 35.6 Å². The highest BCUT2D eigenvalue weighted by molar-refractivity contribution is 5.75. The molecule has 1 aromatic carbocycles. The fraction of sp³-hybridized carbons (Fsp3) is 0.364. The number of benzene rings is 1. The van der Waals surface area contributed by atoms with E-state index >= 15 is 0 Å². The molecule has 1 unspecified atom stereocenters. The van der Waals surface area contributed by atoms with Crippen molar-refractivity contribution in [3.63, 3.8) is 0 Å². The van der Waals surface area contributed by atoms with E-state index in [1.54, 1.807) is 6.07 Å². The molecule has 0 aliphatic heterocycles. The van der Waals surface area contributed by atoms with E-state index in [9.17, 15) is 9.18 Å². The van der Waals surface area contributed by atoms with Gasteiger partial charge in [-0.2, -0.15) is 0 Å². The average Bonchev–Trinajstić information content (AvgIpc) is 2.20. The summed E-state index contributed by atoms with van der Waals surface area (Å²) in [7, 11) is 0. The van der Waals surface area contributed by atoms with E-state index in [2.05, 4.69) is 5.32 Å². The van der Waals surface area contributed by atoms with Crippen LogP contribution in [0.25, 0.3) is 0 Å². The maximum atomic E-state index is 13.3. The highest BCUT2D eigenvalue weighted by Crippen LogP contribution is 2.16. The lowest BCUT2D eigenvalue weighted by Crippen LogP contribution is -2.29. The van der Waals surface area contributed by atoms with Crippen LogP contribution in [0.5, 0.6) is 0 Å². The van der Waals surface area contributed by atoms with Crippen LogP contribution in [-0.4, -0.2) is 17.6 Å². The topological polar surface area (TPSA) is 49.3 Å². The zero-order chi connectivity index (χ0) is 11.3. The molecule has 0 spiro atoms. The molecule has 2 N–H and O–H groups in total. The highest BCUT2D eigenvalue weighted by Gasteiger charge is 2.21. The molecule has 0 saturated heterocycles. The molecule has 0 aromatic heterocycles. The number of hydrogen-bond acceptors (Lipinski definition) is 2. The van der Waals surface area contributed by atoms with Gasteiger partial charge < -0.3 is 10.4 Å². The van der Waals surface area contributed by atoms with E-state index in [4.69, 9.17) is 5.11 Å². The molecule has 0 saturated carbocycles. The Bertz CT molecular complexity index is 341. The third-order valence-electron chi connectivity index (χ3n) is 2.06. The van der Waals surface area contributed by atoms with E-state index < -0.39 is 17.8 Å². The Morgan fingerprint density at radius 3 is 2.73 bits per heavy atom. The lowest BCUT2D eigenvalue weighted by atomic mass is 10.1. The van der Waals surface area contributed by atoms with Crippen LogP contribution in [0.4, 0.5) is 4.39 Å². The van der Waals surface area contributed by atoms with Crippen molar-refractivity contribution >= 4 is 5.97 Å². The van der Waals surface area contributed by atoms with Crippen LogP contribution in [0.2, 0.25) is 0 Å². The second kappa shape index (κ2) is 5.46. The first-order valence-electron chi connectivity index (χ1n) is 4.87. The molecule has 82 valence electrons. The predicted octanol–water partition coefficient (Wildman–Crippen LogP) is 1.95. The molecule has 1 rings (SSSR count). The summed E-state index contributed by atoms with van der Waals surface area (Å²) in [6, 6.07) is 4.95. The number of halogens is 1. The Labute approximate surface area is 87.9 Å². The molecule has 0 amide bonds. The smallest absolute Gasteiger partial charge is 0.325 e. The predicted molar refractivity (Wildman–Crippen MR) is 55.1 cm³/mol. The third kappa shape index (κ3) is 3.02. The second-order valence-corrected chi connectivity index (χ2v) is 3.25. The Balaban J connectivity index is 2.89. The van der Waals surface area contributed by atoms with Crippen LogP contribution >= 0.6 is 0 Å². The molecule has 0 aliphatic rings. The van der Waals surface area contributed by atoms with Gasteiger partial charge >= 0.3 is 5.97 Å². The summed E-state index contributed by atoms with van der Waals surface area (Å²) < 4.78 is 13.3. The first-order valence-corrected chi connectivity index (χ1v) is 4.87. The molecule has 1 atom stereocenters. The Morgan fingerprint density at radius 2 is 2.20 bits per heavy atom. The van der Waals surface area contributed by atoms with Gasteiger partial charge in [0.25, 0.3) is 0 Å². The molecule has 1 aromatic rings. The van der Waals surface area contributed by atoms with E-state index in [1.807, 2.05) is 6.92 Å². The molecule has 15 heavy (non-hydrogen) atoms. The van der Waals surface area contributed by atoms with Crippen LogP contribution in [0.1, 0.15) is 24.9 Å². The van der Waals surface area contributed by atoms with E-state index in [0.29, 0.717) is 6.54 Å².